The van der Waals surface area contributed by atoms with Gasteiger partial charge in [0.15, 0.2) is 0 Å². The monoisotopic (exact) mass is 353 g/mol. The molecular formula is C20H23N3O3. The standard InChI is InChI=1S/C20H23N3O3/c21-16-7-4-10-23(12-16)20(25)15-6-3-5-14(11-15)13-26-18-9-2-1-8-17(18)19(22)24/h1-3,5-6,8-9,11,16H,4,7,10,12-13,21H2,(H2,22,24)/t16-/m1/s1. The second-order valence-electron chi connectivity index (χ2n) is 6.50. The molecule has 0 bridgehead atoms. The third-order valence-corrected chi connectivity index (χ3v) is 4.47. The van der Waals surface area contributed by atoms with E-state index in [1.807, 2.05) is 18.2 Å². The number of hydrogen-bond acceptors (Lipinski definition) is 4. The Balaban J connectivity index is 1.70. The van der Waals surface area contributed by atoms with Crippen LogP contribution < -0.4 is 16.2 Å². The van der Waals surface area contributed by atoms with Gasteiger partial charge in [0.05, 0.1) is 5.56 Å². The zero-order chi connectivity index (χ0) is 18.5. The number of ether oxygens (including phenoxy) is 1. The van der Waals surface area contributed by atoms with E-state index in [0.717, 1.165) is 24.9 Å². The first kappa shape index (κ1) is 17.9. The fraction of sp³-hybridized carbons (Fsp3) is 0.300. The van der Waals surface area contributed by atoms with Crippen molar-refractivity contribution in [2.24, 2.45) is 11.5 Å². The molecule has 0 saturated carbocycles. The lowest BCUT2D eigenvalue weighted by atomic mass is 10.0. The highest BCUT2D eigenvalue weighted by molar-refractivity contribution is 5.95. The molecule has 3 rings (SSSR count). The molecule has 1 saturated heterocycles. The summed E-state index contributed by atoms with van der Waals surface area (Å²) in [5.41, 5.74) is 13.1. The molecule has 0 spiro atoms. The van der Waals surface area contributed by atoms with Gasteiger partial charge >= 0.3 is 0 Å². The van der Waals surface area contributed by atoms with Crippen molar-refractivity contribution >= 4 is 11.8 Å². The van der Waals surface area contributed by atoms with Crippen LogP contribution in [-0.2, 0) is 6.61 Å². The van der Waals surface area contributed by atoms with Gasteiger partial charge in [-0.25, -0.2) is 0 Å². The Morgan fingerprint density at radius 3 is 2.73 bits per heavy atom. The van der Waals surface area contributed by atoms with Gasteiger partial charge in [-0.15, -0.1) is 0 Å². The van der Waals surface area contributed by atoms with Crippen molar-refractivity contribution in [3.63, 3.8) is 0 Å². The third kappa shape index (κ3) is 4.21. The van der Waals surface area contributed by atoms with Crippen molar-refractivity contribution in [1.82, 2.24) is 4.90 Å². The van der Waals surface area contributed by atoms with Gasteiger partial charge in [-0.2, -0.15) is 0 Å². The van der Waals surface area contributed by atoms with E-state index < -0.39 is 5.91 Å². The Labute approximate surface area is 152 Å². The van der Waals surface area contributed by atoms with E-state index in [4.69, 9.17) is 16.2 Å². The number of primary amides is 1. The van der Waals surface area contributed by atoms with E-state index in [2.05, 4.69) is 0 Å². The summed E-state index contributed by atoms with van der Waals surface area (Å²) in [6, 6.07) is 14.2. The predicted octanol–water partition coefficient (Wildman–Crippen LogP) is 1.93. The molecule has 1 fully saturated rings. The van der Waals surface area contributed by atoms with Gasteiger partial charge in [0.2, 0.25) is 0 Å². The average Bonchev–Trinajstić information content (AvgIpc) is 2.66. The van der Waals surface area contributed by atoms with Crippen LogP contribution in [0.5, 0.6) is 5.75 Å². The second-order valence-corrected chi connectivity index (χ2v) is 6.50. The summed E-state index contributed by atoms with van der Waals surface area (Å²) in [5.74, 6) is -0.121. The number of nitrogens with two attached hydrogens (primary N) is 2. The number of benzene rings is 2. The molecule has 26 heavy (non-hydrogen) atoms. The summed E-state index contributed by atoms with van der Waals surface area (Å²) >= 11 is 0. The van der Waals surface area contributed by atoms with Crippen LogP contribution in [0.15, 0.2) is 48.5 Å². The molecule has 0 unspecified atom stereocenters. The maximum Gasteiger partial charge on any atom is 0.253 e. The van der Waals surface area contributed by atoms with Gasteiger partial charge in [-0.1, -0.05) is 24.3 Å². The lowest BCUT2D eigenvalue weighted by molar-refractivity contribution is 0.0708. The predicted molar refractivity (Wildman–Crippen MR) is 98.8 cm³/mol. The lowest BCUT2D eigenvalue weighted by Gasteiger charge is -2.30. The highest BCUT2D eigenvalue weighted by Gasteiger charge is 2.22. The Hall–Kier alpha value is -2.86. The molecule has 0 aromatic heterocycles. The number of hydrogen-bond donors (Lipinski definition) is 2. The Kier molecular flexibility index (Phi) is 5.53. The summed E-state index contributed by atoms with van der Waals surface area (Å²) in [6.07, 6.45) is 1.89. The first-order valence-corrected chi connectivity index (χ1v) is 8.70. The van der Waals surface area contributed by atoms with Gasteiger partial charge in [-0.3, -0.25) is 9.59 Å². The smallest absolute Gasteiger partial charge is 0.253 e. The molecule has 6 heteroatoms. The summed E-state index contributed by atoms with van der Waals surface area (Å²) in [4.78, 5) is 25.9. The van der Waals surface area contributed by atoms with Crippen molar-refractivity contribution in [3.05, 3.63) is 65.2 Å². The number of carbonyl (C=O) groups is 2. The average molecular weight is 353 g/mol. The molecule has 1 aliphatic rings. The SMILES string of the molecule is NC(=O)c1ccccc1OCc1cccc(C(=O)N2CCC[C@@H](N)C2)c1. The molecule has 1 heterocycles. The summed E-state index contributed by atoms with van der Waals surface area (Å²) < 4.78 is 5.74. The number of nitrogens with zero attached hydrogens (tertiary/aromatic N) is 1. The molecule has 1 atom stereocenters. The summed E-state index contributed by atoms with van der Waals surface area (Å²) in [7, 11) is 0. The molecule has 2 aromatic rings. The molecule has 6 nitrogen and oxygen atoms in total. The first-order valence-electron chi connectivity index (χ1n) is 8.70. The van der Waals surface area contributed by atoms with Crippen molar-refractivity contribution in [3.8, 4) is 5.75 Å². The molecule has 1 aliphatic heterocycles. The van der Waals surface area contributed by atoms with Gasteiger partial charge in [0.1, 0.15) is 12.4 Å². The third-order valence-electron chi connectivity index (χ3n) is 4.47. The van der Waals surface area contributed by atoms with Crippen LogP contribution >= 0.6 is 0 Å². The van der Waals surface area contributed by atoms with Crippen LogP contribution in [0.1, 0.15) is 39.1 Å². The van der Waals surface area contributed by atoms with E-state index in [-0.39, 0.29) is 18.6 Å². The highest BCUT2D eigenvalue weighted by Crippen LogP contribution is 2.20. The van der Waals surface area contributed by atoms with Crippen LogP contribution in [0.2, 0.25) is 0 Å². The van der Waals surface area contributed by atoms with Crippen LogP contribution in [-0.4, -0.2) is 35.8 Å². The molecule has 4 N–H and O–H groups in total. The quantitative estimate of drug-likeness (QED) is 0.858. The van der Waals surface area contributed by atoms with Gasteiger partial charge in [0.25, 0.3) is 11.8 Å². The maximum absolute atomic E-state index is 12.7. The van der Waals surface area contributed by atoms with Crippen LogP contribution in [0.25, 0.3) is 0 Å². The fourth-order valence-electron chi connectivity index (χ4n) is 3.13. The Bertz CT molecular complexity index is 806. The lowest BCUT2D eigenvalue weighted by Crippen LogP contribution is -2.45. The fourth-order valence-corrected chi connectivity index (χ4v) is 3.13. The van der Waals surface area contributed by atoms with E-state index in [1.165, 1.54) is 0 Å². The normalized spacial score (nSPS) is 17.0. The van der Waals surface area contributed by atoms with Crippen molar-refractivity contribution in [1.29, 1.82) is 0 Å². The minimum Gasteiger partial charge on any atom is -0.488 e. The Morgan fingerprint density at radius 1 is 1.15 bits per heavy atom. The van der Waals surface area contributed by atoms with Crippen molar-refractivity contribution < 1.29 is 14.3 Å². The molecule has 136 valence electrons. The molecular weight excluding hydrogens is 330 g/mol. The Morgan fingerprint density at radius 2 is 1.96 bits per heavy atom. The van der Waals surface area contributed by atoms with Crippen molar-refractivity contribution in [2.75, 3.05) is 13.1 Å². The number of rotatable bonds is 5. The number of para-hydroxylation sites is 1. The van der Waals surface area contributed by atoms with Gasteiger partial charge in [-0.05, 0) is 42.7 Å². The van der Waals surface area contributed by atoms with E-state index in [9.17, 15) is 9.59 Å². The van der Waals surface area contributed by atoms with E-state index >= 15 is 0 Å². The second kappa shape index (κ2) is 8.01. The van der Waals surface area contributed by atoms with E-state index in [1.54, 1.807) is 35.2 Å². The minimum atomic E-state index is -0.536. The van der Waals surface area contributed by atoms with Gasteiger partial charge in [0, 0.05) is 24.7 Å². The maximum atomic E-state index is 12.7. The van der Waals surface area contributed by atoms with Crippen LogP contribution in [0, 0.1) is 0 Å². The molecule has 2 aromatic carbocycles. The number of amides is 2. The number of carbonyl (C=O) groups excluding carboxylic acids is 2. The molecule has 0 radical (unpaired) electrons. The zero-order valence-corrected chi connectivity index (χ0v) is 14.6. The molecule has 0 aliphatic carbocycles. The minimum absolute atomic E-state index is 0.0143. The zero-order valence-electron chi connectivity index (χ0n) is 14.6. The highest BCUT2D eigenvalue weighted by atomic mass is 16.5. The molecule has 2 amide bonds. The summed E-state index contributed by atoms with van der Waals surface area (Å²) in [6.45, 7) is 1.57. The number of piperidine rings is 1. The van der Waals surface area contributed by atoms with Crippen LogP contribution in [0.4, 0.5) is 0 Å². The largest absolute Gasteiger partial charge is 0.488 e. The first-order chi connectivity index (χ1) is 12.5. The summed E-state index contributed by atoms with van der Waals surface area (Å²) in [5, 5.41) is 0. The topological polar surface area (TPSA) is 98.7 Å². The van der Waals surface area contributed by atoms with Gasteiger partial charge < -0.3 is 21.1 Å². The van der Waals surface area contributed by atoms with E-state index in [0.29, 0.717) is 23.4 Å². The van der Waals surface area contributed by atoms with Crippen molar-refractivity contribution in [2.45, 2.75) is 25.5 Å². The number of likely N-dealkylation sites (tertiary alicyclic amines) is 1. The van der Waals surface area contributed by atoms with Crippen LogP contribution in [0.3, 0.4) is 0 Å².